The number of benzene rings is 3. The van der Waals surface area contributed by atoms with Crippen LogP contribution in [-0.4, -0.2) is 33.6 Å². The number of ether oxygens (including phenoxy) is 2. The largest absolute Gasteiger partial charge is 0.508 e. The van der Waals surface area contributed by atoms with Crippen molar-refractivity contribution in [3.63, 3.8) is 0 Å². The first kappa shape index (κ1) is 24.4. The number of carbonyl (C=O) groups is 2. The van der Waals surface area contributed by atoms with Gasteiger partial charge < -0.3 is 9.47 Å². The minimum atomic E-state index is -4.11. The van der Waals surface area contributed by atoms with Gasteiger partial charge >= 0.3 is 6.16 Å². The third-order valence-corrected chi connectivity index (χ3v) is 6.56. The van der Waals surface area contributed by atoms with Crippen molar-refractivity contribution in [2.75, 3.05) is 7.11 Å². The number of nitrogens with one attached hydrogen (secondary N) is 1. The molecule has 0 fully saturated rings. The molecular formula is C24H22ClNO6S. The SMILES string of the molecule is COC(=O)O[C@H](C(=O)c1ccccc1)[C@@H](NS(=O)(=O)c1ccc(C)cc1)c1ccc(Cl)cc1. The van der Waals surface area contributed by atoms with Crippen LogP contribution >= 0.6 is 11.6 Å². The number of halogens is 1. The van der Waals surface area contributed by atoms with E-state index >= 15 is 0 Å². The van der Waals surface area contributed by atoms with Crippen LogP contribution in [-0.2, 0) is 19.5 Å². The second-order valence-corrected chi connectivity index (χ2v) is 9.34. The van der Waals surface area contributed by atoms with Crippen LogP contribution in [0.4, 0.5) is 4.79 Å². The van der Waals surface area contributed by atoms with Crippen molar-refractivity contribution in [3.05, 3.63) is 101 Å². The first-order valence-electron chi connectivity index (χ1n) is 9.89. The highest BCUT2D eigenvalue weighted by Crippen LogP contribution is 2.27. The Labute approximate surface area is 197 Å². The number of hydrogen-bond acceptors (Lipinski definition) is 6. The highest BCUT2D eigenvalue weighted by molar-refractivity contribution is 7.89. The van der Waals surface area contributed by atoms with E-state index in [9.17, 15) is 18.0 Å². The molecule has 172 valence electrons. The summed E-state index contributed by atoms with van der Waals surface area (Å²) in [6.45, 7) is 1.83. The molecule has 0 aliphatic carbocycles. The zero-order valence-corrected chi connectivity index (χ0v) is 19.5. The van der Waals surface area contributed by atoms with Gasteiger partial charge in [-0.25, -0.2) is 13.2 Å². The lowest BCUT2D eigenvalue weighted by atomic mass is 9.95. The topological polar surface area (TPSA) is 98.8 Å². The molecule has 3 aromatic carbocycles. The van der Waals surface area contributed by atoms with Gasteiger partial charge in [-0.15, -0.1) is 0 Å². The lowest BCUT2D eigenvalue weighted by Crippen LogP contribution is -2.43. The molecule has 0 spiro atoms. The Hall–Kier alpha value is -3.20. The maximum atomic E-state index is 13.4. The summed E-state index contributed by atoms with van der Waals surface area (Å²) in [6.07, 6.45) is -2.68. The van der Waals surface area contributed by atoms with E-state index in [-0.39, 0.29) is 10.5 Å². The second-order valence-electron chi connectivity index (χ2n) is 7.19. The Morgan fingerprint density at radius 1 is 0.909 bits per heavy atom. The average Bonchev–Trinajstić information content (AvgIpc) is 2.82. The monoisotopic (exact) mass is 487 g/mol. The zero-order chi connectivity index (χ0) is 24.0. The molecule has 0 unspecified atom stereocenters. The van der Waals surface area contributed by atoms with Gasteiger partial charge in [-0.3, -0.25) is 4.79 Å². The minimum absolute atomic E-state index is 0.00367. The smallest absolute Gasteiger partial charge is 0.438 e. The highest BCUT2D eigenvalue weighted by Gasteiger charge is 2.37. The minimum Gasteiger partial charge on any atom is -0.438 e. The van der Waals surface area contributed by atoms with Gasteiger partial charge in [0.1, 0.15) is 0 Å². The summed E-state index contributed by atoms with van der Waals surface area (Å²) in [5.41, 5.74) is 1.49. The van der Waals surface area contributed by atoms with Crippen LogP contribution in [0, 0.1) is 6.92 Å². The van der Waals surface area contributed by atoms with Crippen LogP contribution < -0.4 is 4.72 Å². The second kappa shape index (κ2) is 10.6. The molecule has 0 aromatic heterocycles. The molecule has 1 N–H and O–H groups in total. The van der Waals surface area contributed by atoms with E-state index in [0.717, 1.165) is 12.7 Å². The summed E-state index contributed by atoms with van der Waals surface area (Å²) in [6, 6.07) is 19.3. The van der Waals surface area contributed by atoms with Gasteiger partial charge in [0.2, 0.25) is 15.8 Å². The molecule has 3 aromatic rings. The molecule has 0 bridgehead atoms. The Morgan fingerprint density at radius 3 is 2.09 bits per heavy atom. The van der Waals surface area contributed by atoms with Gasteiger partial charge in [0.25, 0.3) is 0 Å². The number of methoxy groups -OCH3 is 1. The van der Waals surface area contributed by atoms with Crippen molar-refractivity contribution >= 4 is 33.6 Å². The predicted octanol–water partition coefficient (Wildman–Crippen LogP) is 4.70. The molecule has 0 saturated carbocycles. The fraction of sp³-hybridized carbons (Fsp3) is 0.167. The first-order valence-corrected chi connectivity index (χ1v) is 11.8. The molecule has 0 heterocycles. The van der Waals surface area contributed by atoms with Crippen molar-refractivity contribution in [2.45, 2.75) is 24.0 Å². The van der Waals surface area contributed by atoms with Crippen LogP contribution in [0.5, 0.6) is 0 Å². The summed E-state index contributed by atoms with van der Waals surface area (Å²) in [5.74, 6) is -0.604. The van der Waals surface area contributed by atoms with E-state index in [1.165, 1.54) is 12.1 Å². The van der Waals surface area contributed by atoms with E-state index in [1.807, 2.05) is 6.92 Å². The molecule has 0 amide bonds. The fourth-order valence-corrected chi connectivity index (χ4v) is 4.47. The van der Waals surface area contributed by atoms with E-state index in [4.69, 9.17) is 16.3 Å². The average molecular weight is 488 g/mol. The number of ketones is 1. The first-order chi connectivity index (χ1) is 15.7. The number of Topliss-reactive ketones (excluding diaryl/α,β-unsaturated/α-hetero) is 1. The number of rotatable bonds is 8. The van der Waals surface area contributed by atoms with Crippen LogP contribution in [0.1, 0.15) is 27.5 Å². The van der Waals surface area contributed by atoms with Gasteiger partial charge in [0, 0.05) is 10.6 Å². The molecule has 0 radical (unpaired) electrons. The molecule has 0 aliphatic rings. The lowest BCUT2D eigenvalue weighted by Gasteiger charge is -2.27. The third kappa shape index (κ3) is 6.19. The highest BCUT2D eigenvalue weighted by atomic mass is 35.5. The quantitative estimate of drug-likeness (QED) is 0.365. The maximum Gasteiger partial charge on any atom is 0.508 e. The molecule has 0 aliphatic heterocycles. The van der Waals surface area contributed by atoms with Gasteiger partial charge in [-0.2, -0.15) is 4.72 Å². The van der Waals surface area contributed by atoms with Crippen molar-refractivity contribution in [2.24, 2.45) is 0 Å². The maximum absolute atomic E-state index is 13.4. The van der Waals surface area contributed by atoms with Crippen molar-refractivity contribution in [3.8, 4) is 0 Å². The van der Waals surface area contributed by atoms with E-state index in [1.54, 1.807) is 66.7 Å². The van der Waals surface area contributed by atoms with E-state index < -0.39 is 34.1 Å². The number of sulfonamides is 1. The molecule has 3 rings (SSSR count). The number of hydrogen-bond donors (Lipinski definition) is 1. The summed E-state index contributed by atoms with van der Waals surface area (Å²) in [4.78, 5) is 25.4. The molecule has 0 saturated heterocycles. The number of carbonyl (C=O) groups excluding carboxylic acids is 2. The van der Waals surface area contributed by atoms with E-state index in [0.29, 0.717) is 10.6 Å². The Morgan fingerprint density at radius 2 is 1.52 bits per heavy atom. The third-order valence-electron chi connectivity index (χ3n) is 4.85. The predicted molar refractivity (Wildman–Crippen MR) is 124 cm³/mol. The molecule has 7 nitrogen and oxygen atoms in total. The summed E-state index contributed by atoms with van der Waals surface area (Å²) in [7, 11) is -3.01. The van der Waals surface area contributed by atoms with Crippen LogP contribution in [0.3, 0.4) is 0 Å². The molecule has 33 heavy (non-hydrogen) atoms. The van der Waals surface area contributed by atoms with Crippen LogP contribution in [0.15, 0.2) is 83.8 Å². The normalized spacial score (nSPS) is 13.1. The van der Waals surface area contributed by atoms with Crippen molar-refractivity contribution in [1.82, 2.24) is 4.72 Å². The van der Waals surface area contributed by atoms with Gasteiger partial charge in [0.05, 0.1) is 18.0 Å². The zero-order valence-electron chi connectivity index (χ0n) is 17.9. The van der Waals surface area contributed by atoms with Gasteiger partial charge in [0.15, 0.2) is 6.10 Å². The Bertz CT molecular complexity index is 1210. The van der Waals surface area contributed by atoms with E-state index in [2.05, 4.69) is 9.46 Å². The Balaban J connectivity index is 2.09. The van der Waals surface area contributed by atoms with Crippen molar-refractivity contribution < 1.29 is 27.5 Å². The van der Waals surface area contributed by atoms with Crippen LogP contribution in [0.2, 0.25) is 5.02 Å². The lowest BCUT2D eigenvalue weighted by molar-refractivity contribution is 0.0237. The van der Waals surface area contributed by atoms with Gasteiger partial charge in [-0.1, -0.05) is 71.8 Å². The standard InChI is InChI=1S/C24H22ClNO6S/c1-16-8-14-20(15-9-16)33(29,30)26-21(17-10-12-19(25)13-11-17)23(32-24(28)31-2)22(27)18-6-4-3-5-7-18/h3-15,21,23,26H,1-2H3/t21-,23-/m0/s1. The number of aryl methyl sites for hydroxylation is 1. The summed E-state index contributed by atoms with van der Waals surface area (Å²) in [5, 5.41) is 0.415. The molecular weight excluding hydrogens is 466 g/mol. The summed E-state index contributed by atoms with van der Waals surface area (Å²) >= 11 is 5.99. The van der Waals surface area contributed by atoms with Crippen LogP contribution in [0.25, 0.3) is 0 Å². The molecule has 2 atom stereocenters. The summed E-state index contributed by atoms with van der Waals surface area (Å²) < 4.78 is 38.8. The Kier molecular flexibility index (Phi) is 7.86. The van der Waals surface area contributed by atoms with Gasteiger partial charge in [-0.05, 0) is 36.8 Å². The molecule has 9 heteroatoms. The van der Waals surface area contributed by atoms with Crippen molar-refractivity contribution in [1.29, 1.82) is 0 Å². The fourth-order valence-electron chi connectivity index (χ4n) is 3.12.